The summed E-state index contributed by atoms with van der Waals surface area (Å²) in [6.45, 7) is 2.08. The van der Waals surface area contributed by atoms with Crippen molar-refractivity contribution in [3.8, 4) is 0 Å². The first kappa shape index (κ1) is 13.7. The second kappa shape index (κ2) is 5.27. The molecule has 6 nitrogen and oxygen atoms in total. The molecule has 0 unspecified atom stereocenters. The van der Waals surface area contributed by atoms with Gasteiger partial charge in [-0.05, 0) is 24.6 Å². The monoisotopic (exact) mass is 302 g/mol. The number of benzene rings is 1. The first-order valence-electron chi connectivity index (χ1n) is 6.38. The summed E-state index contributed by atoms with van der Waals surface area (Å²) in [7, 11) is -3.64. The summed E-state index contributed by atoms with van der Waals surface area (Å²) in [5.41, 5.74) is 2.16. The van der Waals surface area contributed by atoms with Crippen LogP contribution in [0.2, 0.25) is 0 Å². The van der Waals surface area contributed by atoms with E-state index in [9.17, 15) is 8.42 Å². The van der Waals surface area contributed by atoms with Crippen LogP contribution in [0.5, 0.6) is 0 Å². The van der Waals surface area contributed by atoms with Crippen molar-refractivity contribution < 1.29 is 8.42 Å². The molecule has 0 radical (unpaired) electrons. The van der Waals surface area contributed by atoms with Crippen LogP contribution in [0.25, 0.3) is 10.9 Å². The molecule has 0 spiro atoms. The Balaban J connectivity index is 1.98. The largest absolute Gasteiger partial charge is 0.347 e. The number of H-pyrrole nitrogens is 1. The number of aryl methyl sites for hydroxylation is 1. The Morgan fingerprint density at radius 3 is 2.90 bits per heavy atom. The van der Waals surface area contributed by atoms with Gasteiger partial charge in [-0.3, -0.25) is 4.98 Å². The molecule has 2 N–H and O–H groups in total. The van der Waals surface area contributed by atoms with Crippen molar-refractivity contribution in [1.82, 2.24) is 19.7 Å². The molecule has 0 saturated heterocycles. The Morgan fingerprint density at radius 2 is 2.14 bits per heavy atom. The average molecular weight is 302 g/mol. The van der Waals surface area contributed by atoms with Crippen molar-refractivity contribution >= 4 is 20.9 Å². The fraction of sp³-hybridized carbons (Fsp3) is 0.143. The van der Waals surface area contributed by atoms with Gasteiger partial charge in [0.05, 0.1) is 18.4 Å². The highest BCUT2D eigenvalue weighted by Crippen LogP contribution is 2.21. The van der Waals surface area contributed by atoms with Gasteiger partial charge in [0, 0.05) is 23.5 Å². The number of aromatic nitrogens is 3. The maximum atomic E-state index is 12.4. The van der Waals surface area contributed by atoms with E-state index in [1.54, 1.807) is 24.5 Å². The third-order valence-corrected chi connectivity index (χ3v) is 4.54. The Bertz CT molecular complexity index is 873. The van der Waals surface area contributed by atoms with E-state index in [1.807, 2.05) is 19.1 Å². The van der Waals surface area contributed by atoms with E-state index in [4.69, 9.17) is 0 Å². The number of nitrogens with one attached hydrogen (secondary N) is 2. The summed E-state index contributed by atoms with van der Waals surface area (Å²) in [5, 5.41) is 0.805. The number of sulfonamides is 1. The molecule has 3 aromatic rings. The summed E-state index contributed by atoms with van der Waals surface area (Å²) >= 11 is 0. The lowest BCUT2D eigenvalue weighted by Crippen LogP contribution is -2.23. The van der Waals surface area contributed by atoms with E-state index >= 15 is 0 Å². The number of rotatable bonds is 4. The second-order valence-electron chi connectivity index (χ2n) is 4.74. The van der Waals surface area contributed by atoms with Crippen LogP contribution in [0.4, 0.5) is 0 Å². The van der Waals surface area contributed by atoms with Crippen molar-refractivity contribution in [2.45, 2.75) is 18.4 Å². The van der Waals surface area contributed by atoms with Crippen LogP contribution >= 0.6 is 0 Å². The first-order valence-corrected chi connectivity index (χ1v) is 7.87. The van der Waals surface area contributed by atoms with Crippen LogP contribution < -0.4 is 4.72 Å². The molecule has 0 fully saturated rings. The lowest BCUT2D eigenvalue weighted by atomic mass is 10.2. The minimum atomic E-state index is -3.64. The summed E-state index contributed by atoms with van der Waals surface area (Å²) in [4.78, 5) is 11.1. The molecule has 3 rings (SSSR count). The van der Waals surface area contributed by atoms with Gasteiger partial charge in [0.15, 0.2) is 0 Å². The zero-order valence-corrected chi connectivity index (χ0v) is 12.2. The van der Waals surface area contributed by atoms with Crippen LogP contribution in [0.15, 0.2) is 47.9 Å². The third kappa shape index (κ3) is 2.79. The van der Waals surface area contributed by atoms with Crippen LogP contribution in [-0.4, -0.2) is 23.4 Å². The summed E-state index contributed by atoms with van der Waals surface area (Å²) < 4.78 is 27.4. The number of hydrogen-bond acceptors (Lipinski definition) is 4. The number of aromatic amines is 1. The Morgan fingerprint density at radius 1 is 1.29 bits per heavy atom. The van der Waals surface area contributed by atoms with Gasteiger partial charge in [0.1, 0.15) is 4.90 Å². The Hall–Kier alpha value is -2.25. The first-order chi connectivity index (χ1) is 10.1. The molecule has 0 aliphatic carbocycles. The average Bonchev–Trinajstić information content (AvgIpc) is 2.97. The number of imidazole rings is 1. The number of fused-ring (bicyclic) bond motifs is 1. The third-order valence-electron chi connectivity index (χ3n) is 3.11. The van der Waals surface area contributed by atoms with E-state index in [1.165, 1.54) is 6.33 Å². The molecular formula is C14H14N4O2S. The van der Waals surface area contributed by atoms with Crippen LogP contribution in [-0.2, 0) is 16.6 Å². The number of nitrogens with zero attached hydrogens (tertiary/aromatic N) is 2. The lowest BCUT2D eigenvalue weighted by molar-refractivity contribution is 0.581. The molecule has 21 heavy (non-hydrogen) atoms. The van der Waals surface area contributed by atoms with Gasteiger partial charge < -0.3 is 4.98 Å². The van der Waals surface area contributed by atoms with Gasteiger partial charge in [0.25, 0.3) is 0 Å². The van der Waals surface area contributed by atoms with Crippen molar-refractivity contribution in [1.29, 1.82) is 0 Å². The SMILES string of the molecule is Cc1cnc2c(S(=O)(=O)NCc3cnc[nH]3)cccc2c1. The number of para-hydroxylation sites is 1. The zero-order chi connectivity index (χ0) is 14.9. The molecule has 0 bridgehead atoms. The predicted molar refractivity (Wildman–Crippen MR) is 79.1 cm³/mol. The van der Waals surface area contributed by atoms with E-state index < -0.39 is 10.0 Å². The summed E-state index contributed by atoms with van der Waals surface area (Å²) in [6, 6.07) is 7.04. The number of pyridine rings is 1. The van der Waals surface area contributed by atoms with Crippen LogP contribution in [0.3, 0.4) is 0 Å². The van der Waals surface area contributed by atoms with Gasteiger partial charge in [0.2, 0.25) is 10.0 Å². The molecule has 2 aromatic heterocycles. The van der Waals surface area contributed by atoms with Crippen molar-refractivity contribution in [3.05, 3.63) is 54.2 Å². The fourth-order valence-corrected chi connectivity index (χ4v) is 3.28. The molecule has 0 saturated carbocycles. The maximum Gasteiger partial charge on any atom is 0.243 e. The van der Waals surface area contributed by atoms with E-state index in [0.29, 0.717) is 11.2 Å². The molecule has 2 heterocycles. The molecule has 1 aromatic carbocycles. The van der Waals surface area contributed by atoms with Crippen LogP contribution in [0, 0.1) is 6.92 Å². The predicted octanol–water partition coefficient (Wildman–Crippen LogP) is 1.74. The van der Waals surface area contributed by atoms with Crippen molar-refractivity contribution in [3.63, 3.8) is 0 Å². The minimum Gasteiger partial charge on any atom is -0.347 e. The highest BCUT2D eigenvalue weighted by molar-refractivity contribution is 7.89. The smallest absolute Gasteiger partial charge is 0.243 e. The zero-order valence-electron chi connectivity index (χ0n) is 11.4. The lowest BCUT2D eigenvalue weighted by Gasteiger charge is -2.08. The van der Waals surface area contributed by atoms with Crippen molar-refractivity contribution in [2.24, 2.45) is 0 Å². The molecule has 0 amide bonds. The van der Waals surface area contributed by atoms with Gasteiger partial charge in [-0.2, -0.15) is 0 Å². The van der Waals surface area contributed by atoms with Gasteiger partial charge >= 0.3 is 0 Å². The Kier molecular flexibility index (Phi) is 3.44. The number of hydrogen-bond donors (Lipinski definition) is 2. The standard InChI is InChI=1S/C14H14N4O2S/c1-10-5-11-3-2-4-13(14(11)16-6-10)21(19,20)18-8-12-7-15-9-17-12/h2-7,9,18H,8H2,1H3,(H,15,17). The molecule has 7 heteroatoms. The molecule has 108 valence electrons. The molecular weight excluding hydrogens is 288 g/mol. The summed E-state index contributed by atoms with van der Waals surface area (Å²) in [5.74, 6) is 0. The van der Waals surface area contributed by atoms with Crippen LogP contribution in [0.1, 0.15) is 11.3 Å². The minimum absolute atomic E-state index is 0.157. The van der Waals surface area contributed by atoms with Crippen molar-refractivity contribution in [2.75, 3.05) is 0 Å². The normalized spacial score (nSPS) is 11.9. The van der Waals surface area contributed by atoms with Gasteiger partial charge in [-0.15, -0.1) is 0 Å². The Labute approximate surface area is 122 Å². The molecule has 0 aliphatic heterocycles. The highest BCUT2D eigenvalue weighted by Gasteiger charge is 2.18. The topological polar surface area (TPSA) is 87.7 Å². The van der Waals surface area contributed by atoms with Gasteiger partial charge in [-0.1, -0.05) is 12.1 Å². The second-order valence-corrected chi connectivity index (χ2v) is 6.48. The van der Waals surface area contributed by atoms with E-state index in [0.717, 1.165) is 10.9 Å². The molecule has 0 aliphatic rings. The van der Waals surface area contributed by atoms with Gasteiger partial charge in [-0.25, -0.2) is 18.1 Å². The fourth-order valence-electron chi connectivity index (χ4n) is 2.09. The molecule has 0 atom stereocenters. The van der Waals surface area contributed by atoms with E-state index in [2.05, 4.69) is 19.7 Å². The summed E-state index contributed by atoms with van der Waals surface area (Å²) in [6.07, 6.45) is 4.75. The quantitative estimate of drug-likeness (QED) is 0.768. The highest BCUT2D eigenvalue weighted by atomic mass is 32.2. The van der Waals surface area contributed by atoms with E-state index in [-0.39, 0.29) is 11.4 Å². The maximum absolute atomic E-state index is 12.4.